The van der Waals surface area contributed by atoms with E-state index in [1.165, 1.54) is 30.7 Å². The smallest absolute Gasteiger partial charge is 0.274 e. The van der Waals surface area contributed by atoms with E-state index < -0.39 is 5.91 Å². The maximum atomic E-state index is 12.4. The van der Waals surface area contributed by atoms with Crippen molar-refractivity contribution in [3.8, 4) is 6.07 Å². The highest BCUT2D eigenvalue weighted by molar-refractivity contribution is 6.04. The fourth-order valence-electron chi connectivity index (χ4n) is 3.13. The lowest BCUT2D eigenvalue weighted by atomic mass is 9.97. The molecule has 0 atom stereocenters. The molecule has 1 heterocycles. The molecule has 0 fully saturated rings. The number of nitrogens with one attached hydrogen (secondary N) is 2. The molecular weight excluding hydrogens is 352 g/mol. The molecule has 2 aromatic rings. The molecule has 1 aliphatic carbocycles. The Hall–Kier alpha value is -3.46. The van der Waals surface area contributed by atoms with Crippen LogP contribution in [0.3, 0.4) is 0 Å². The van der Waals surface area contributed by atoms with Gasteiger partial charge in [0.15, 0.2) is 0 Å². The molecule has 0 bridgehead atoms. The third-order valence-corrected chi connectivity index (χ3v) is 4.62. The number of anilines is 1. The number of hydrogen-bond donors (Lipinski definition) is 2. The number of benzene rings is 1. The molecule has 1 aliphatic rings. The summed E-state index contributed by atoms with van der Waals surface area (Å²) in [6.45, 7) is 0.579. The predicted molar refractivity (Wildman–Crippen MR) is 107 cm³/mol. The quantitative estimate of drug-likeness (QED) is 0.751. The van der Waals surface area contributed by atoms with Gasteiger partial charge in [-0.05, 0) is 62.4 Å². The number of pyridine rings is 1. The van der Waals surface area contributed by atoms with Crippen LogP contribution in [0.25, 0.3) is 0 Å². The molecule has 2 N–H and O–H groups in total. The Morgan fingerprint density at radius 2 is 2.04 bits per heavy atom. The van der Waals surface area contributed by atoms with Crippen molar-refractivity contribution in [2.45, 2.75) is 32.1 Å². The Kier molecular flexibility index (Phi) is 6.53. The highest BCUT2D eigenvalue weighted by Crippen LogP contribution is 2.19. The van der Waals surface area contributed by atoms with Crippen LogP contribution in [-0.2, 0) is 0 Å². The summed E-state index contributed by atoms with van der Waals surface area (Å²) in [7, 11) is 0. The molecule has 0 aliphatic heterocycles. The number of allylic oxidation sites excluding steroid dienone is 1. The topological polar surface area (TPSA) is 94.9 Å². The first-order valence-electron chi connectivity index (χ1n) is 9.39. The fourth-order valence-corrected chi connectivity index (χ4v) is 3.13. The van der Waals surface area contributed by atoms with E-state index in [1.54, 1.807) is 30.3 Å². The summed E-state index contributed by atoms with van der Waals surface area (Å²) in [5.74, 6) is -0.656. The number of amides is 2. The monoisotopic (exact) mass is 374 g/mol. The summed E-state index contributed by atoms with van der Waals surface area (Å²) in [6, 6.07) is 11.7. The average Bonchev–Trinajstić information content (AvgIpc) is 2.74. The minimum atomic E-state index is -0.433. The average molecular weight is 374 g/mol. The van der Waals surface area contributed by atoms with Crippen LogP contribution in [0, 0.1) is 11.3 Å². The van der Waals surface area contributed by atoms with Crippen LogP contribution in [0.5, 0.6) is 0 Å². The second kappa shape index (κ2) is 9.47. The minimum Gasteiger partial charge on any atom is -0.352 e. The van der Waals surface area contributed by atoms with Crippen molar-refractivity contribution in [3.63, 3.8) is 0 Å². The second-order valence-electron chi connectivity index (χ2n) is 6.69. The number of nitrogens with zero attached hydrogens (tertiary/aromatic N) is 2. The van der Waals surface area contributed by atoms with Crippen LogP contribution in [0.4, 0.5) is 5.69 Å². The van der Waals surface area contributed by atoms with Crippen LogP contribution < -0.4 is 10.6 Å². The molecule has 1 aromatic carbocycles. The van der Waals surface area contributed by atoms with E-state index in [2.05, 4.69) is 21.7 Å². The van der Waals surface area contributed by atoms with E-state index in [-0.39, 0.29) is 11.6 Å². The SMILES string of the molecule is N#Cc1cccc(NC(=O)c2cc(C(=O)NCCC3=CCCCC3)ccn2)c1. The molecule has 6 heteroatoms. The summed E-state index contributed by atoms with van der Waals surface area (Å²) in [5, 5.41) is 14.5. The fraction of sp³-hybridized carbons (Fsp3) is 0.273. The summed E-state index contributed by atoms with van der Waals surface area (Å²) in [5.41, 5.74) is 2.89. The first kappa shape index (κ1) is 19.3. The van der Waals surface area contributed by atoms with E-state index in [9.17, 15) is 9.59 Å². The van der Waals surface area contributed by atoms with Crippen molar-refractivity contribution in [2.75, 3.05) is 11.9 Å². The van der Waals surface area contributed by atoms with E-state index in [0.717, 1.165) is 19.3 Å². The van der Waals surface area contributed by atoms with E-state index >= 15 is 0 Å². The molecule has 0 saturated heterocycles. The Morgan fingerprint density at radius 1 is 1.14 bits per heavy atom. The molecular formula is C22H22N4O2. The Bertz CT molecular complexity index is 944. The van der Waals surface area contributed by atoms with E-state index in [0.29, 0.717) is 23.4 Å². The maximum absolute atomic E-state index is 12.4. The summed E-state index contributed by atoms with van der Waals surface area (Å²) < 4.78 is 0. The van der Waals surface area contributed by atoms with Crippen molar-refractivity contribution in [2.24, 2.45) is 0 Å². The number of nitriles is 1. The van der Waals surface area contributed by atoms with Gasteiger partial charge in [0, 0.05) is 24.0 Å². The standard InChI is InChI=1S/C22H22N4O2/c23-15-17-7-4-8-19(13-17)26-22(28)20-14-18(10-12-24-20)21(27)25-11-9-16-5-2-1-3-6-16/h4-5,7-8,10,12-14H,1-3,6,9,11H2,(H,25,27)(H,26,28). The number of hydrogen-bond acceptors (Lipinski definition) is 4. The molecule has 2 amide bonds. The highest BCUT2D eigenvalue weighted by atomic mass is 16.2. The molecule has 0 unspecified atom stereocenters. The van der Waals surface area contributed by atoms with Gasteiger partial charge in [0.2, 0.25) is 0 Å². The lowest BCUT2D eigenvalue weighted by Gasteiger charge is -2.13. The van der Waals surface area contributed by atoms with Crippen molar-refractivity contribution in [1.82, 2.24) is 10.3 Å². The first-order valence-corrected chi connectivity index (χ1v) is 9.39. The van der Waals surface area contributed by atoms with E-state index in [1.807, 2.05) is 6.07 Å². The minimum absolute atomic E-state index is 0.144. The Balaban J connectivity index is 1.59. The second-order valence-corrected chi connectivity index (χ2v) is 6.69. The predicted octanol–water partition coefficient (Wildman–Crippen LogP) is 3.83. The summed E-state index contributed by atoms with van der Waals surface area (Å²) in [4.78, 5) is 28.8. The van der Waals surface area contributed by atoms with Crippen LogP contribution in [-0.4, -0.2) is 23.3 Å². The van der Waals surface area contributed by atoms with Gasteiger partial charge in [-0.25, -0.2) is 0 Å². The number of rotatable bonds is 6. The zero-order chi connectivity index (χ0) is 19.8. The maximum Gasteiger partial charge on any atom is 0.274 e. The van der Waals surface area contributed by atoms with Gasteiger partial charge in [-0.15, -0.1) is 0 Å². The largest absolute Gasteiger partial charge is 0.352 e. The van der Waals surface area contributed by atoms with Crippen molar-refractivity contribution in [1.29, 1.82) is 5.26 Å². The van der Waals surface area contributed by atoms with Gasteiger partial charge in [0.25, 0.3) is 11.8 Å². The van der Waals surface area contributed by atoms with Crippen molar-refractivity contribution in [3.05, 3.63) is 71.1 Å². The Labute approximate surface area is 164 Å². The highest BCUT2D eigenvalue weighted by Gasteiger charge is 2.13. The van der Waals surface area contributed by atoms with Crippen LogP contribution in [0.2, 0.25) is 0 Å². The third-order valence-electron chi connectivity index (χ3n) is 4.62. The van der Waals surface area contributed by atoms with Crippen LogP contribution in [0.15, 0.2) is 54.2 Å². The van der Waals surface area contributed by atoms with Gasteiger partial charge in [0.1, 0.15) is 5.69 Å². The first-order chi connectivity index (χ1) is 13.7. The zero-order valence-electron chi connectivity index (χ0n) is 15.6. The van der Waals surface area contributed by atoms with Crippen molar-refractivity contribution < 1.29 is 9.59 Å². The van der Waals surface area contributed by atoms with Gasteiger partial charge in [-0.2, -0.15) is 5.26 Å². The normalized spacial score (nSPS) is 13.2. The molecule has 0 radical (unpaired) electrons. The number of carbonyl (C=O) groups is 2. The molecule has 3 rings (SSSR count). The molecule has 0 spiro atoms. The van der Waals surface area contributed by atoms with Gasteiger partial charge < -0.3 is 10.6 Å². The number of carbonyl (C=O) groups excluding carboxylic acids is 2. The molecule has 0 saturated carbocycles. The lowest BCUT2D eigenvalue weighted by Crippen LogP contribution is -2.25. The van der Waals surface area contributed by atoms with E-state index in [4.69, 9.17) is 5.26 Å². The Morgan fingerprint density at radius 3 is 2.82 bits per heavy atom. The number of aromatic nitrogens is 1. The van der Waals surface area contributed by atoms with Crippen LogP contribution >= 0.6 is 0 Å². The van der Waals surface area contributed by atoms with Gasteiger partial charge >= 0.3 is 0 Å². The van der Waals surface area contributed by atoms with Gasteiger partial charge in [-0.3, -0.25) is 14.6 Å². The lowest BCUT2D eigenvalue weighted by molar-refractivity contribution is 0.0954. The third kappa shape index (κ3) is 5.27. The molecule has 28 heavy (non-hydrogen) atoms. The molecule has 6 nitrogen and oxygen atoms in total. The summed E-state index contributed by atoms with van der Waals surface area (Å²) in [6.07, 6.45) is 9.29. The van der Waals surface area contributed by atoms with Gasteiger partial charge in [-0.1, -0.05) is 17.7 Å². The van der Waals surface area contributed by atoms with Gasteiger partial charge in [0.05, 0.1) is 11.6 Å². The molecule has 142 valence electrons. The van der Waals surface area contributed by atoms with Crippen molar-refractivity contribution >= 4 is 17.5 Å². The zero-order valence-corrected chi connectivity index (χ0v) is 15.6. The molecule has 1 aromatic heterocycles. The van der Waals surface area contributed by atoms with Crippen LogP contribution in [0.1, 0.15) is 58.5 Å². The summed E-state index contributed by atoms with van der Waals surface area (Å²) >= 11 is 0.